The number of benzene rings is 6. The molecule has 0 amide bonds. The quantitative estimate of drug-likeness (QED) is 0.250. The minimum absolute atomic E-state index is 1.17. The highest BCUT2D eigenvalue weighted by atomic mass is 15.0. The fourth-order valence-electron chi connectivity index (χ4n) is 5.87. The summed E-state index contributed by atoms with van der Waals surface area (Å²) >= 11 is 0. The lowest BCUT2D eigenvalue weighted by Gasteiger charge is -2.12. The van der Waals surface area contributed by atoms with Crippen LogP contribution in [-0.4, -0.2) is 9.55 Å². The Bertz CT molecular complexity index is 2060. The summed E-state index contributed by atoms with van der Waals surface area (Å²) < 4.78 is 2.45. The number of fused-ring (bicyclic) bond motifs is 11. The van der Waals surface area contributed by atoms with Gasteiger partial charge in [-0.05, 0) is 46.5 Å². The molecule has 6 aromatic carbocycles. The third-order valence-corrected chi connectivity index (χ3v) is 7.28. The molecule has 0 aliphatic heterocycles. The number of nitrogens with zero attached hydrogens (tertiary/aromatic N) is 1. The summed E-state index contributed by atoms with van der Waals surface area (Å²) in [5, 5.41) is 10.3. The number of nitrogens with one attached hydrogen (secondary N) is 1. The second-order valence-corrected chi connectivity index (χ2v) is 9.07. The first-order chi connectivity index (χ1) is 16.9. The zero-order valence-corrected chi connectivity index (χ0v) is 18.4. The highest BCUT2D eigenvalue weighted by Crippen LogP contribution is 2.43. The van der Waals surface area contributed by atoms with Crippen LogP contribution in [0.25, 0.3) is 70.8 Å². The van der Waals surface area contributed by atoms with Crippen LogP contribution in [0.15, 0.2) is 115 Å². The van der Waals surface area contributed by atoms with Gasteiger partial charge in [0.25, 0.3) is 0 Å². The SMILES string of the molecule is c1ccc(-n2c3cc4[nH]c5ccccc5c4cc3c3c4ccccc4c4ccccc4c32)cc1. The number of aromatic amines is 1. The molecule has 1 N–H and O–H groups in total. The maximum Gasteiger partial charge on any atom is 0.0625 e. The summed E-state index contributed by atoms with van der Waals surface area (Å²) in [4.78, 5) is 3.65. The molecule has 0 radical (unpaired) electrons. The normalized spacial score (nSPS) is 12.1. The van der Waals surface area contributed by atoms with E-state index in [2.05, 4.69) is 125 Å². The van der Waals surface area contributed by atoms with Crippen molar-refractivity contribution in [2.45, 2.75) is 0 Å². The number of para-hydroxylation sites is 2. The maximum atomic E-state index is 3.65. The second-order valence-electron chi connectivity index (χ2n) is 9.07. The monoisotopic (exact) mass is 432 g/mol. The zero-order valence-electron chi connectivity index (χ0n) is 18.4. The van der Waals surface area contributed by atoms with E-state index in [0.717, 1.165) is 0 Å². The van der Waals surface area contributed by atoms with Crippen molar-refractivity contribution in [3.05, 3.63) is 115 Å². The van der Waals surface area contributed by atoms with E-state index in [0.29, 0.717) is 0 Å². The van der Waals surface area contributed by atoms with E-state index in [1.165, 1.54) is 70.8 Å². The molecule has 0 saturated heterocycles. The smallest absolute Gasteiger partial charge is 0.0625 e. The van der Waals surface area contributed by atoms with Crippen LogP contribution in [0.2, 0.25) is 0 Å². The van der Waals surface area contributed by atoms with E-state index in [4.69, 9.17) is 0 Å². The lowest BCUT2D eigenvalue weighted by Crippen LogP contribution is -1.94. The van der Waals surface area contributed by atoms with Gasteiger partial charge in [0.15, 0.2) is 0 Å². The van der Waals surface area contributed by atoms with Crippen LogP contribution in [0.3, 0.4) is 0 Å². The van der Waals surface area contributed by atoms with E-state index in [1.54, 1.807) is 0 Å². The maximum absolute atomic E-state index is 3.65. The van der Waals surface area contributed by atoms with E-state index < -0.39 is 0 Å². The van der Waals surface area contributed by atoms with E-state index in [-0.39, 0.29) is 0 Å². The summed E-state index contributed by atoms with van der Waals surface area (Å²) in [6.45, 7) is 0. The van der Waals surface area contributed by atoms with E-state index in [1.807, 2.05) is 0 Å². The van der Waals surface area contributed by atoms with Crippen molar-refractivity contribution in [3.8, 4) is 5.69 Å². The Morgan fingerprint density at radius 2 is 1.06 bits per heavy atom. The van der Waals surface area contributed by atoms with Gasteiger partial charge in [-0.2, -0.15) is 0 Å². The Morgan fingerprint density at radius 3 is 1.85 bits per heavy atom. The lowest BCUT2D eigenvalue weighted by molar-refractivity contribution is 1.19. The van der Waals surface area contributed by atoms with Crippen molar-refractivity contribution < 1.29 is 0 Å². The zero-order chi connectivity index (χ0) is 22.2. The highest BCUT2D eigenvalue weighted by molar-refractivity contribution is 6.33. The minimum atomic E-state index is 1.17. The number of rotatable bonds is 1. The van der Waals surface area contributed by atoms with Crippen LogP contribution in [0.5, 0.6) is 0 Å². The summed E-state index contributed by atoms with van der Waals surface area (Å²) in [6.07, 6.45) is 0. The van der Waals surface area contributed by atoms with Gasteiger partial charge in [0, 0.05) is 43.7 Å². The Kier molecular flexibility index (Phi) is 3.42. The van der Waals surface area contributed by atoms with Crippen LogP contribution in [0.1, 0.15) is 0 Å². The molecule has 0 saturated carbocycles. The van der Waals surface area contributed by atoms with Crippen LogP contribution in [0.4, 0.5) is 0 Å². The van der Waals surface area contributed by atoms with Gasteiger partial charge in [-0.1, -0.05) is 84.9 Å². The molecule has 34 heavy (non-hydrogen) atoms. The van der Waals surface area contributed by atoms with Gasteiger partial charge in [-0.3, -0.25) is 0 Å². The summed E-state index contributed by atoms with van der Waals surface area (Å²) in [5.41, 5.74) is 6.02. The highest BCUT2D eigenvalue weighted by Gasteiger charge is 2.20. The Morgan fingerprint density at radius 1 is 0.441 bits per heavy atom. The Labute approximate surface area is 195 Å². The molecular weight excluding hydrogens is 412 g/mol. The fourth-order valence-corrected chi connectivity index (χ4v) is 5.87. The number of hydrogen-bond acceptors (Lipinski definition) is 0. The Balaban J connectivity index is 1.72. The van der Waals surface area contributed by atoms with Crippen LogP contribution in [-0.2, 0) is 0 Å². The molecule has 8 rings (SSSR count). The average molecular weight is 433 g/mol. The third kappa shape index (κ3) is 2.24. The molecule has 0 bridgehead atoms. The van der Waals surface area contributed by atoms with Gasteiger partial charge in [0.2, 0.25) is 0 Å². The van der Waals surface area contributed by atoms with Crippen molar-refractivity contribution >= 4 is 65.2 Å². The molecule has 0 unspecified atom stereocenters. The number of aromatic nitrogens is 2. The molecule has 0 spiro atoms. The minimum Gasteiger partial charge on any atom is -0.354 e. The molecule has 0 fully saturated rings. The lowest BCUT2D eigenvalue weighted by atomic mass is 9.96. The summed E-state index contributed by atoms with van der Waals surface area (Å²) in [5.74, 6) is 0. The van der Waals surface area contributed by atoms with Gasteiger partial charge >= 0.3 is 0 Å². The van der Waals surface area contributed by atoms with Gasteiger partial charge in [0.1, 0.15) is 0 Å². The summed E-state index contributed by atoms with van der Waals surface area (Å²) in [7, 11) is 0. The van der Waals surface area contributed by atoms with Crippen molar-refractivity contribution in [1.29, 1.82) is 0 Å². The topological polar surface area (TPSA) is 20.7 Å². The largest absolute Gasteiger partial charge is 0.354 e. The van der Waals surface area contributed by atoms with E-state index >= 15 is 0 Å². The first-order valence-electron chi connectivity index (χ1n) is 11.7. The van der Waals surface area contributed by atoms with Crippen LogP contribution in [0, 0.1) is 0 Å². The van der Waals surface area contributed by atoms with Crippen molar-refractivity contribution in [2.75, 3.05) is 0 Å². The molecule has 2 heterocycles. The van der Waals surface area contributed by atoms with Gasteiger partial charge < -0.3 is 9.55 Å². The molecule has 0 aliphatic rings. The predicted molar refractivity (Wildman–Crippen MR) is 145 cm³/mol. The molecular formula is C32H20N2. The van der Waals surface area contributed by atoms with Crippen molar-refractivity contribution in [2.24, 2.45) is 0 Å². The fraction of sp³-hybridized carbons (Fsp3) is 0. The summed E-state index contributed by atoms with van der Waals surface area (Å²) in [6, 6.07) is 41.7. The third-order valence-electron chi connectivity index (χ3n) is 7.28. The molecule has 2 nitrogen and oxygen atoms in total. The standard InChI is InChI=1S/C32H20N2/c1-2-10-20(11-3-1)34-30-19-29-26(23-14-8-9-17-28(23)33-29)18-27(30)31-24-15-6-4-12-21(24)22-13-5-7-16-25(22)32(31)34/h1-19,33H. The Hall–Kier alpha value is -4.56. The van der Waals surface area contributed by atoms with E-state index in [9.17, 15) is 0 Å². The second kappa shape index (κ2) is 6.49. The molecule has 0 atom stereocenters. The number of H-pyrrole nitrogens is 1. The molecule has 2 aromatic heterocycles. The molecule has 8 aromatic rings. The number of hydrogen-bond donors (Lipinski definition) is 1. The van der Waals surface area contributed by atoms with Crippen LogP contribution < -0.4 is 0 Å². The average Bonchev–Trinajstić information content (AvgIpc) is 3.43. The molecule has 2 heteroatoms. The van der Waals surface area contributed by atoms with Gasteiger partial charge in [-0.25, -0.2) is 0 Å². The van der Waals surface area contributed by atoms with Gasteiger partial charge in [-0.15, -0.1) is 0 Å². The van der Waals surface area contributed by atoms with Crippen molar-refractivity contribution in [1.82, 2.24) is 9.55 Å². The van der Waals surface area contributed by atoms with Gasteiger partial charge in [0.05, 0.1) is 11.0 Å². The first-order valence-corrected chi connectivity index (χ1v) is 11.7. The molecule has 0 aliphatic carbocycles. The molecule has 158 valence electrons. The predicted octanol–water partition coefficient (Wildman–Crippen LogP) is 8.72. The first kappa shape index (κ1) is 17.9. The van der Waals surface area contributed by atoms with Crippen molar-refractivity contribution in [3.63, 3.8) is 0 Å². The van der Waals surface area contributed by atoms with Crippen LogP contribution >= 0.6 is 0 Å².